The van der Waals surface area contributed by atoms with Crippen LogP contribution in [-0.4, -0.2) is 35.8 Å². The molecule has 0 amide bonds. The minimum Gasteiger partial charge on any atom is -0.459 e. The summed E-state index contributed by atoms with van der Waals surface area (Å²) in [5.41, 5.74) is 0.261. The molecule has 0 aliphatic carbocycles. The van der Waals surface area contributed by atoms with Gasteiger partial charge in [-0.25, -0.2) is 14.8 Å². The Morgan fingerprint density at radius 2 is 2.36 bits per heavy atom. The number of esters is 1. The van der Waals surface area contributed by atoms with E-state index in [-0.39, 0.29) is 12.3 Å². The quantitative estimate of drug-likeness (QED) is 0.511. The Morgan fingerprint density at radius 1 is 1.50 bits per heavy atom. The van der Waals surface area contributed by atoms with Gasteiger partial charge in [0, 0.05) is 12.8 Å². The number of aromatic nitrogens is 2. The number of hydrogen-bond donors (Lipinski definition) is 0. The molecule has 0 bridgehead atoms. The zero-order valence-electron chi connectivity index (χ0n) is 7.97. The van der Waals surface area contributed by atoms with E-state index in [1.165, 1.54) is 18.6 Å². The van der Waals surface area contributed by atoms with E-state index in [1.807, 2.05) is 6.92 Å². The summed E-state index contributed by atoms with van der Waals surface area (Å²) < 4.78 is 9.89. The molecule has 0 unspecified atom stereocenters. The maximum absolute atomic E-state index is 11.2. The van der Waals surface area contributed by atoms with E-state index in [0.717, 1.165) is 0 Å². The van der Waals surface area contributed by atoms with Crippen LogP contribution >= 0.6 is 0 Å². The van der Waals surface area contributed by atoms with E-state index in [9.17, 15) is 4.79 Å². The van der Waals surface area contributed by atoms with Gasteiger partial charge in [-0.15, -0.1) is 0 Å². The molecule has 1 aromatic heterocycles. The molecule has 0 atom stereocenters. The van der Waals surface area contributed by atoms with Crippen LogP contribution < -0.4 is 0 Å². The number of nitrogens with zero attached hydrogens (tertiary/aromatic N) is 2. The number of rotatable bonds is 5. The molecule has 0 N–H and O–H groups in total. The van der Waals surface area contributed by atoms with Gasteiger partial charge in [0.25, 0.3) is 0 Å². The van der Waals surface area contributed by atoms with Crippen LogP contribution in [0.1, 0.15) is 17.4 Å². The Kier molecular flexibility index (Phi) is 4.57. The van der Waals surface area contributed by atoms with Crippen molar-refractivity contribution in [2.24, 2.45) is 0 Å². The van der Waals surface area contributed by atoms with Crippen LogP contribution in [-0.2, 0) is 9.47 Å². The van der Waals surface area contributed by atoms with Crippen molar-refractivity contribution < 1.29 is 14.3 Å². The lowest BCUT2D eigenvalue weighted by Gasteiger charge is -2.03. The molecular weight excluding hydrogens is 184 g/mol. The van der Waals surface area contributed by atoms with Gasteiger partial charge < -0.3 is 9.47 Å². The van der Waals surface area contributed by atoms with Crippen LogP contribution in [0, 0.1) is 0 Å². The van der Waals surface area contributed by atoms with Crippen molar-refractivity contribution in [2.45, 2.75) is 6.92 Å². The Balaban J connectivity index is 2.29. The smallest absolute Gasteiger partial charge is 0.357 e. The van der Waals surface area contributed by atoms with Gasteiger partial charge in [0.2, 0.25) is 0 Å². The highest BCUT2D eigenvalue weighted by atomic mass is 16.6. The maximum atomic E-state index is 11.2. The van der Waals surface area contributed by atoms with Crippen molar-refractivity contribution in [1.29, 1.82) is 0 Å². The number of ether oxygens (including phenoxy) is 2. The monoisotopic (exact) mass is 196 g/mol. The van der Waals surface area contributed by atoms with Crippen molar-refractivity contribution in [3.8, 4) is 0 Å². The first kappa shape index (κ1) is 10.6. The fourth-order valence-corrected chi connectivity index (χ4v) is 0.823. The van der Waals surface area contributed by atoms with Gasteiger partial charge in [-0.3, -0.25) is 0 Å². The van der Waals surface area contributed by atoms with E-state index < -0.39 is 5.97 Å². The maximum Gasteiger partial charge on any atom is 0.357 e. The molecule has 1 aromatic rings. The summed E-state index contributed by atoms with van der Waals surface area (Å²) in [4.78, 5) is 18.7. The zero-order valence-corrected chi connectivity index (χ0v) is 7.97. The zero-order chi connectivity index (χ0) is 10.2. The Bertz CT molecular complexity index is 277. The average Bonchev–Trinajstić information content (AvgIpc) is 2.25. The first-order chi connectivity index (χ1) is 6.84. The molecule has 0 aliphatic rings. The third-order valence-electron chi connectivity index (χ3n) is 1.46. The Morgan fingerprint density at radius 3 is 3.00 bits per heavy atom. The van der Waals surface area contributed by atoms with Gasteiger partial charge in [-0.2, -0.15) is 0 Å². The number of carbonyl (C=O) groups is 1. The topological polar surface area (TPSA) is 61.3 Å². The van der Waals surface area contributed by atoms with Gasteiger partial charge in [0.15, 0.2) is 5.69 Å². The van der Waals surface area contributed by atoms with Gasteiger partial charge in [-0.05, 0) is 13.0 Å². The molecule has 0 aliphatic heterocycles. The summed E-state index contributed by atoms with van der Waals surface area (Å²) in [7, 11) is 0. The normalized spacial score (nSPS) is 9.79. The van der Waals surface area contributed by atoms with E-state index in [1.54, 1.807) is 0 Å². The summed E-state index contributed by atoms with van der Waals surface area (Å²) in [6, 6.07) is 1.50. The molecule has 14 heavy (non-hydrogen) atoms. The van der Waals surface area contributed by atoms with Gasteiger partial charge in [0.1, 0.15) is 12.9 Å². The van der Waals surface area contributed by atoms with E-state index >= 15 is 0 Å². The molecule has 5 heteroatoms. The average molecular weight is 196 g/mol. The largest absolute Gasteiger partial charge is 0.459 e. The number of hydrogen-bond acceptors (Lipinski definition) is 5. The predicted octanol–water partition coefficient (Wildman–Crippen LogP) is 0.670. The van der Waals surface area contributed by atoms with Crippen molar-refractivity contribution in [1.82, 2.24) is 9.97 Å². The summed E-state index contributed by atoms with van der Waals surface area (Å²) in [6.07, 6.45) is 2.80. The second-order valence-electron chi connectivity index (χ2n) is 2.43. The number of carbonyl (C=O) groups excluding carboxylic acids is 1. The van der Waals surface area contributed by atoms with Gasteiger partial charge in [-0.1, -0.05) is 0 Å². The van der Waals surface area contributed by atoms with Crippen LogP contribution in [0.5, 0.6) is 0 Å². The van der Waals surface area contributed by atoms with Crippen LogP contribution in [0.15, 0.2) is 18.6 Å². The molecule has 0 saturated carbocycles. The highest BCUT2D eigenvalue weighted by Gasteiger charge is 2.06. The van der Waals surface area contributed by atoms with Gasteiger partial charge in [0.05, 0.1) is 6.61 Å². The first-order valence-electron chi connectivity index (χ1n) is 4.35. The molecule has 5 nitrogen and oxygen atoms in total. The molecule has 0 aromatic carbocycles. The molecular formula is C9H12N2O3. The fourth-order valence-electron chi connectivity index (χ4n) is 0.823. The van der Waals surface area contributed by atoms with Gasteiger partial charge >= 0.3 is 5.97 Å². The minimum absolute atomic E-state index is 0.247. The molecule has 1 heterocycles. The molecule has 1 rings (SSSR count). The lowest BCUT2D eigenvalue weighted by atomic mass is 10.4. The SMILES string of the molecule is CCOCCOC(=O)c1ccncn1. The third-order valence-corrected chi connectivity index (χ3v) is 1.46. The van der Waals surface area contributed by atoms with E-state index in [2.05, 4.69) is 9.97 Å². The van der Waals surface area contributed by atoms with Crippen molar-refractivity contribution >= 4 is 5.97 Å². The lowest BCUT2D eigenvalue weighted by Crippen LogP contribution is -2.12. The summed E-state index contributed by atoms with van der Waals surface area (Å²) in [5.74, 6) is -0.452. The van der Waals surface area contributed by atoms with E-state index in [0.29, 0.717) is 13.2 Å². The summed E-state index contributed by atoms with van der Waals surface area (Å²) >= 11 is 0. The third kappa shape index (κ3) is 3.49. The van der Waals surface area contributed by atoms with Crippen molar-refractivity contribution in [3.63, 3.8) is 0 Å². The molecule has 0 radical (unpaired) electrons. The van der Waals surface area contributed by atoms with Crippen LogP contribution in [0.3, 0.4) is 0 Å². The van der Waals surface area contributed by atoms with Crippen molar-refractivity contribution in [2.75, 3.05) is 19.8 Å². The molecule has 0 spiro atoms. The summed E-state index contributed by atoms with van der Waals surface area (Å²) in [5, 5.41) is 0. The Hall–Kier alpha value is -1.49. The predicted molar refractivity (Wildman–Crippen MR) is 48.8 cm³/mol. The Labute approximate surface area is 82.1 Å². The molecule has 0 saturated heterocycles. The second-order valence-corrected chi connectivity index (χ2v) is 2.43. The minimum atomic E-state index is -0.452. The first-order valence-corrected chi connectivity index (χ1v) is 4.35. The fraction of sp³-hybridized carbons (Fsp3) is 0.444. The second kappa shape index (κ2) is 6.04. The van der Waals surface area contributed by atoms with Crippen molar-refractivity contribution in [3.05, 3.63) is 24.3 Å². The summed E-state index contributed by atoms with van der Waals surface area (Å²) in [6.45, 7) is 3.15. The van der Waals surface area contributed by atoms with Crippen LogP contribution in [0.25, 0.3) is 0 Å². The lowest BCUT2D eigenvalue weighted by molar-refractivity contribution is 0.0329. The standard InChI is InChI=1S/C9H12N2O3/c1-2-13-5-6-14-9(12)8-3-4-10-7-11-8/h3-4,7H,2,5-6H2,1H3. The highest BCUT2D eigenvalue weighted by molar-refractivity contribution is 5.86. The van der Waals surface area contributed by atoms with Crippen LogP contribution in [0.2, 0.25) is 0 Å². The van der Waals surface area contributed by atoms with Crippen LogP contribution in [0.4, 0.5) is 0 Å². The highest BCUT2D eigenvalue weighted by Crippen LogP contribution is 1.94. The molecule has 76 valence electrons. The van der Waals surface area contributed by atoms with E-state index in [4.69, 9.17) is 9.47 Å². The molecule has 0 fully saturated rings.